The zero-order chi connectivity index (χ0) is 26.2. The number of aliphatic hydroxyl groups excluding tert-OH is 1. The fourth-order valence-corrected chi connectivity index (χ4v) is 9.76. The van der Waals surface area contributed by atoms with Crippen LogP contribution in [0.15, 0.2) is 33.6 Å². The number of amides is 2. The first-order valence-electron chi connectivity index (χ1n) is 14.3. The van der Waals surface area contributed by atoms with Crippen LogP contribution in [0.25, 0.3) is 0 Å². The number of carbonyl (C=O) groups excluding carboxylic acids is 2. The molecule has 5 unspecified atom stereocenters. The van der Waals surface area contributed by atoms with Gasteiger partial charge < -0.3 is 10.0 Å². The predicted molar refractivity (Wildman–Crippen MR) is 143 cm³/mol. The molecule has 3 heterocycles. The monoisotopic (exact) mass is 542 g/mol. The summed E-state index contributed by atoms with van der Waals surface area (Å²) in [5.74, 6) is 0.814. The van der Waals surface area contributed by atoms with Crippen molar-refractivity contribution in [2.45, 2.75) is 49.5 Å². The van der Waals surface area contributed by atoms with E-state index in [0.29, 0.717) is 29.1 Å². The summed E-state index contributed by atoms with van der Waals surface area (Å²) in [5, 5.41) is 10.5. The number of rotatable bonds is 4. The number of fused-ring (bicyclic) bond motifs is 6. The van der Waals surface area contributed by atoms with Crippen molar-refractivity contribution in [3.05, 3.63) is 29.8 Å². The summed E-state index contributed by atoms with van der Waals surface area (Å²) < 4.78 is 25.2. The van der Waals surface area contributed by atoms with Crippen LogP contribution in [0.2, 0.25) is 0 Å². The number of nitrogens with zero attached hydrogens (tertiary/aromatic N) is 4. The zero-order valence-corrected chi connectivity index (χ0v) is 22.5. The first kappa shape index (κ1) is 25.0. The highest BCUT2D eigenvalue weighted by molar-refractivity contribution is 8.23. The number of amidine groups is 1. The maximum absolute atomic E-state index is 13.3. The summed E-state index contributed by atoms with van der Waals surface area (Å²) in [6.07, 6.45) is 5.78. The molecule has 3 aliphatic heterocycles. The van der Waals surface area contributed by atoms with E-state index in [4.69, 9.17) is 0 Å². The van der Waals surface area contributed by atoms with Gasteiger partial charge in [0.25, 0.3) is 0 Å². The molecule has 3 N–H and O–H groups in total. The topological polar surface area (TPSA) is 117 Å². The fourth-order valence-electron chi connectivity index (χ4n) is 8.49. The maximum atomic E-state index is 13.3. The molecule has 2 saturated heterocycles. The van der Waals surface area contributed by atoms with Crippen LogP contribution in [0, 0.1) is 35.5 Å². The minimum absolute atomic E-state index is 0.0206. The molecule has 2 amide bonds. The molecule has 1 aromatic carbocycles. The minimum atomic E-state index is -3.12. The van der Waals surface area contributed by atoms with Gasteiger partial charge in [-0.1, -0.05) is 35.8 Å². The number of hydrogen-bond donors (Lipinski definition) is 3. The van der Waals surface area contributed by atoms with Crippen LogP contribution in [0.1, 0.15) is 44.1 Å². The quantitative estimate of drug-likeness (QED) is 0.501. The van der Waals surface area contributed by atoms with Crippen LogP contribution >= 0.6 is 10.8 Å². The fraction of sp³-hybridized carbons (Fsp3) is 0.679. The van der Waals surface area contributed by atoms with Crippen LogP contribution in [0.3, 0.4) is 0 Å². The number of likely N-dealkylation sites (tertiary alicyclic amines) is 1. The second-order valence-electron chi connectivity index (χ2n) is 12.3. The van der Waals surface area contributed by atoms with Gasteiger partial charge in [-0.2, -0.15) is 0 Å². The van der Waals surface area contributed by atoms with Crippen molar-refractivity contribution in [2.24, 2.45) is 39.9 Å². The van der Waals surface area contributed by atoms with Gasteiger partial charge in [-0.05, 0) is 61.5 Å². The van der Waals surface area contributed by atoms with Gasteiger partial charge in [-0.25, -0.2) is 0 Å². The lowest BCUT2D eigenvalue weighted by atomic mass is 9.78. The summed E-state index contributed by atoms with van der Waals surface area (Å²) in [6, 6.07) is 7.38. The van der Waals surface area contributed by atoms with Crippen LogP contribution in [-0.4, -0.2) is 91.9 Å². The second kappa shape index (κ2) is 9.30. The Bertz CT molecular complexity index is 1140. The highest BCUT2D eigenvalue weighted by atomic mass is 32.3. The third kappa shape index (κ3) is 3.86. The Morgan fingerprint density at radius 1 is 0.842 bits per heavy atom. The third-order valence-electron chi connectivity index (χ3n) is 10.4. The molecule has 0 radical (unpaired) electrons. The number of imide groups is 1. The number of benzene rings is 1. The van der Waals surface area contributed by atoms with E-state index >= 15 is 0 Å². The Hall–Kier alpha value is -1.98. The van der Waals surface area contributed by atoms with Crippen molar-refractivity contribution in [2.75, 3.05) is 39.3 Å². The van der Waals surface area contributed by atoms with Crippen LogP contribution in [-0.2, 0) is 9.59 Å². The molecule has 9 nitrogen and oxygen atoms in total. The molecule has 0 aromatic heterocycles. The number of carbonyl (C=O) groups is 2. The SMILES string of the molecule is O=C1C2C(C(=O)N1CC1CCCCC1CN1CCN(C3=NS(O)(O)c4ccccc43)CC1)[C@@H]1CC[C@H]2C1O. The van der Waals surface area contributed by atoms with Gasteiger partial charge in [0.1, 0.15) is 0 Å². The van der Waals surface area contributed by atoms with E-state index in [1.54, 1.807) is 11.0 Å². The van der Waals surface area contributed by atoms with Crippen molar-refractivity contribution < 1.29 is 23.8 Å². The predicted octanol–water partition coefficient (Wildman–Crippen LogP) is 2.90. The summed E-state index contributed by atoms with van der Waals surface area (Å²) in [4.78, 5) is 33.4. The van der Waals surface area contributed by atoms with Crippen LogP contribution < -0.4 is 0 Å². The molecule has 3 saturated carbocycles. The number of piperazine rings is 1. The standard InChI is InChI=1S/C28H38N4O5S/c33-25-20-9-10-21(25)24-23(20)27(34)32(28(24)35)16-18-6-2-1-5-17(18)15-30-11-13-31(14-12-30)26-19-7-3-4-8-22(19)38(36,37)29-26/h3-4,7-8,17-18,20-21,23-25,33,36-37H,1-2,5-6,9-16H2/t17?,18?,20-,21+,23?,24?,25?. The Labute approximate surface area is 225 Å². The second-order valence-corrected chi connectivity index (χ2v) is 13.9. The van der Waals surface area contributed by atoms with E-state index in [0.717, 1.165) is 70.4 Å². The van der Waals surface area contributed by atoms with Gasteiger partial charge >= 0.3 is 0 Å². The van der Waals surface area contributed by atoms with E-state index in [2.05, 4.69) is 14.2 Å². The highest BCUT2D eigenvalue weighted by Gasteiger charge is 2.65. The van der Waals surface area contributed by atoms with E-state index < -0.39 is 16.9 Å². The summed E-state index contributed by atoms with van der Waals surface area (Å²) in [5.41, 5.74) is 0.818. The maximum Gasteiger partial charge on any atom is 0.233 e. The molecule has 3 aliphatic carbocycles. The first-order chi connectivity index (χ1) is 18.3. The summed E-state index contributed by atoms with van der Waals surface area (Å²) >= 11 is 0. The summed E-state index contributed by atoms with van der Waals surface area (Å²) in [7, 11) is -3.12. The zero-order valence-electron chi connectivity index (χ0n) is 21.7. The Morgan fingerprint density at radius 3 is 2.11 bits per heavy atom. The van der Waals surface area contributed by atoms with Gasteiger partial charge in [0, 0.05) is 44.8 Å². The summed E-state index contributed by atoms with van der Waals surface area (Å²) in [6.45, 7) is 4.79. The molecule has 2 bridgehead atoms. The molecule has 38 heavy (non-hydrogen) atoms. The number of aliphatic hydroxyl groups is 1. The molecule has 7 rings (SSSR count). The van der Waals surface area contributed by atoms with Crippen molar-refractivity contribution >= 4 is 28.4 Å². The molecule has 5 fully saturated rings. The van der Waals surface area contributed by atoms with Gasteiger partial charge in [0.2, 0.25) is 11.8 Å². The van der Waals surface area contributed by atoms with E-state index in [1.807, 2.05) is 18.2 Å². The van der Waals surface area contributed by atoms with Crippen molar-refractivity contribution in [1.29, 1.82) is 0 Å². The lowest BCUT2D eigenvalue weighted by Gasteiger charge is -2.41. The molecule has 0 spiro atoms. The van der Waals surface area contributed by atoms with Crippen LogP contribution in [0.4, 0.5) is 0 Å². The molecule has 10 heteroatoms. The largest absolute Gasteiger partial charge is 0.392 e. The Morgan fingerprint density at radius 2 is 1.45 bits per heavy atom. The normalized spacial score (nSPS) is 38.9. The van der Waals surface area contributed by atoms with Gasteiger partial charge in [-0.15, -0.1) is 4.40 Å². The molecular formula is C28H38N4O5S. The Kier molecular flexibility index (Phi) is 6.12. The van der Waals surface area contributed by atoms with Crippen molar-refractivity contribution in [3.63, 3.8) is 0 Å². The number of hydrogen-bond acceptors (Lipinski definition) is 8. The van der Waals surface area contributed by atoms with Gasteiger partial charge in [0.05, 0.1) is 22.8 Å². The van der Waals surface area contributed by atoms with Gasteiger partial charge in [-0.3, -0.25) is 28.5 Å². The third-order valence-corrected chi connectivity index (χ3v) is 11.8. The average molecular weight is 543 g/mol. The average Bonchev–Trinajstić information content (AvgIpc) is 3.59. The van der Waals surface area contributed by atoms with Crippen molar-refractivity contribution in [1.82, 2.24) is 14.7 Å². The van der Waals surface area contributed by atoms with E-state index in [-0.39, 0.29) is 35.5 Å². The minimum Gasteiger partial charge on any atom is -0.392 e. The molecule has 206 valence electrons. The molecule has 1 aromatic rings. The molecular weight excluding hydrogens is 504 g/mol. The lowest BCUT2D eigenvalue weighted by Crippen LogP contribution is -2.51. The van der Waals surface area contributed by atoms with Crippen LogP contribution in [0.5, 0.6) is 0 Å². The van der Waals surface area contributed by atoms with Gasteiger partial charge in [0.15, 0.2) is 5.84 Å². The first-order valence-corrected chi connectivity index (χ1v) is 15.8. The molecule has 6 aliphatic rings. The lowest BCUT2D eigenvalue weighted by molar-refractivity contribution is -0.143. The van der Waals surface area contributed by atoms with E-state index in [1.165, 1.54) is 6.42 Å². The highest BCUT2D eigenvalue weighted by Crippen LogP contribution is 2.57. The van der Waals surface area contributed by atoms with Crippen molar-refractivity contribution in [3.8, 4) is 0 Å². The smallest absolute Gasteiger partial charge is 0.233 e. The Balaban J connectivity index is 0.985. The van der Waals surface area contributed by atoms with E-state index in [9.17, 15) is 23.8 Å². The molecule has 7 atom stereocenters.